The minimum atomic E-state index is -0.0397. The van der Waals surface area contributed by atoms with Crippen molar-refractivity contribution in [2.24, 2.45) is 0 Å². The first-order chi connectivity index (χ1) is 13.8. The number of nitrogens with one attached hydrogen (secondary N) is 2. The third kappa shape index (κ3) is 4.47. The predicted molar refractivity (Wildman–Crippen MR) is 108 cm³/mol. The molecule has 4 aromatic rings. The van der Waals surface area contributed by atoms with Crippen LogP contribution in [0.5, 0.6) is 0 Å². The summed E-state index contributed by atoms with van der Waals surface area (Å²) in [7, 11) is 0. The van der Waals surface area contributed by atoms with E-state index >= 15 is 0 Å². The minimum absolute atomic E-state index is 0.0397. The first-order valence-corrected chi connectivity index (χ1v) is 9.72. The summed E-state index contributed by atoms with van der Waals surface area (Å²) in [5.74, 6) is 0.599. The van der Waals surface area contributed by atoms with Crippen molar-refractivity contribution in [2.75, 3.05) is 5.32 Å². The lowest BCUT2D eigenvalue weighted by atomic mass is 9.94. The predicted octanol–water partition coefficient (Wildman–Crippen LogP) is 3.68. The molecule has 1 atom stereocenters. The Labute approximate surface area is 165 Å². The second kappa shape index (κ2) is 8.53. The molecule has 0 aliphatic rings. The molecule has 0 radical (unpaired) electrons. The lowest BCUT2D eigenvalue weighted by Crippen LogP contribution is -2.16. The molecule has 2 N–H and O–H groups in total. The Kier molecular flexibility index (Phi) is 5.48. The maximum atomic E-state index is 12.7. The van der Waals surface area contributed by atoms with E-state index in [0.29, 0.717) is 17.9 Å². The number of tetrazole rings is 1. The Hall–Kier alpha value is -3.39. The van der Waals surface area contributed by atoms with Crippen LogP contribution < -0.4 is 5.32 Å². The Balaban J connectivity index is 1.47. The van der Waals surface area contributed by atoms with E-state index in [4.69, 9.17) is 0 Å². The summed E-state index contributed by atoms with van der Waals surface area (Å²) in [5.41, 5.74) is 4.53. The van der Waals surface area contributed by atoms with Crippen molar-refractivity contribution in [2.45, 2.75) is 18.8 Å². The first-order valence-electron chi connectivity index (χ1n) is 8.84. The van der Waals surface area contributed by atoms with Gasteiger partial charge < -0.3 is 5.32 Å². The number of H-pyrrole nitrogens is 1. The molecule has 0 bridgehead atoms. The number of aromatic amines is 1. The molecular weight excluding hydrogens is 372 g/mol. The molecule has 4 rings (SSSR count). The Morgan fingerprint density at radius 1 is 1.14 bits per heavy atom. The van der Waals surface area contributed by atoms with Gasteiger partial charge in [0.05, 0.1) is 5.51 Å². The van der Waals surface area contributed by atoms with Crippen molar-refractivity contribution in [1.29, 1.82) is 0 Å². The van der Waals surface area contributed by atoms with Gasteiger partial charge in [-0.3, -0.25) is 9.78 Å². The molecule has 7 nitrogen and oxygen atoms in total. The summed E-state index contributed by atoms with van der Waals surface area (Å²) >= 11 is 1.58. The average Bonchev–Trinajstić information content (AvgIpc) is 3.43. The van der Waals surface area contributed by atoms with Crippen molar-refractivity contribution >= 4 is 22.9 Å². The fraction of sp³-hybridized carbons (Fsp3) is 0.150. The monoisotopic (exact) mass is 390 g/mol. The minimum Gasteiger partial charge on any atom is -0.326 e. The maximum Gasteiger partial charge on any atom is 0.225 e. The number of thiazole rings is 1. The van der Waals surface area contributed by atoms with Crippen molar-refractivity contribution in [3.63, 3.8) is 0 Å². The standard InChI is InChI=1S/C20H18N6OS/c27-19(22-17-8-4-7-15(10-17)20-23-25-26-24-20)11-16(18-12-21-13-28-18)9-14-5-2-1-3-6-14/h1-8,10,12-13,16H,9,11H2,(H,22,27)(H,23,24,25,26). The van der Waals surface area contributed by atoms with E-state index in [1.54, 1.807) is 16.8 Å². The summed E-state index contributed by atoms with van der Waals surface area (Å²) in [6.07, 6.45) is 3.02. The molecule has 2 aromatic carbocycles. The number of anilines is 1. The summed E-state index contributed by atoms with van der Waals surface area (Å²) in [6, 6.07) is 17.6. The smallest absolute Gasteiger partial charge is 0.225 e. The fourth-order valence-electron chi connectivity index (χ4n) is 3.06. The second-order valence-electron chi connectivity index (χ2n) is 6.37. The number of benzene rings is 2. The van der Waals surface area contributed by atoms with Crippen LogP contribution in [0.25, 0.3) is 11.4 Å². The molecule has 0 aliphatic carbocycles. The van der Waals surface area contributed by atoms with Crippen LogP contribution in [0.4, 0.5) is 5.69 Å². The number of hydrogen-bond donors (Lipinski definition) is 2. The zero-order valence-electron chi connectivity index (χ0n) is 14.9. The highest BCUT2D eigenvalue weighted by Gasteiger charge is 2.18. The normalized spacial score (nSPS) is 11.9. The maximum absolute atomic E-state index is 12.7. The molecule has 2 heterocycles. The summed E-state index contributed by atoms with van der Waals surface area (Å²) in [4.78, 5) is 18.0. The van der Waals surface area contributed by atoms with Crippen molar-refractivity contribution < 1.29 is 4.79 Å². The topological polar surface area (TPSA) is 96.5 Å². The molecule has 1 amide bonds. The van der Waals surface area contributed by atoms with Crippen molar-refractivity contribution in [3.8, 4) is 11.4 Å². The summed E-state index contributed by atoms with van der Waals surface area (Å²) in [5, 5.41) is 16.8. The van der Waals surface area contributed by atoms with E-state index in [1.165, 1.54) is 5.56 Å². The Morgan fingerprint density at radius 2 is 2.04 bits per heavy atom. The molecule has 0 spiro atoms. The van der Waals surface area contributed by atoms with Crippen LogP contribution in [0.1, 0.15) is 22.8 Å². The van der Waals surface area contributed by atoms with Gasteiger partial charge in [0.15, 0.2) is 5.82 Å². The second-order valence-corrected chi connectivity index (χ2v) is 7.29. The number of carbonyl (C=O) groups is 1. The van der Waals surface area contributed by atoms with Crippen LogP contribution in [-0.4, -0.2) is 31.5 Å². The van der Waals surface area contributed by atoms with E-state index in [9.17, 15) is 4.79 Å². The molecule has 1 unspecified atom stereocenters. The largest absolute Gasteiger partial charge is 0.326 e. The number of nitrogens with zero attached hydrogens (tertiary/aromatic N) is 4. The van der Waals surface area contributed by atoms with Gasteiger partial charge in [0.25, 0.3) is 0 Å². The van der Waals surface area contributed by atoms with Gasteiger partial charge in [-0.1, -0.05) is 42.5 Å². The van der Waals surface area contributed by atoms with Crippen LogP contribution >= 0.6 is 11.3 Å². The van der Waals surface area contributed by atoms with Gasteiger partial charge in [-0.2, -0.15) is 0 Å². The number of aromatic nitrogens is 5. The molecule has 28 heavy (non-hydrogen) atoms. The van der Waals surface area contributed by atoms with Gasteiger partial charge in [0.2, 0.25) is 5.91 Å². The lowest BCUT2D eigenvalue weighted by molar-refractivity contribution is -0.116. The highest BCUT2D eigenvalue weighted by molar-refractivity contribution is 7.09. The van der Waals surface area contributed by atoms with Crippen LogP contribution in [0.2, 0.25) is 0 Å². The summed E-state index contributed by atoms with van der Waals surface area (Å²) in [6.45, 7) is 0. The van der Waals surface area contributed by atoms with E-state index < -0.39 is 0 Å². The van der Waals surface area contributed by atoms with Crippen LogP contribution in [0.15, 0.2) is 66.3 Å². The number of hydrogen-bond acceptors (Lipinski definition) is 6. The Bertz CT molecular complexity index is 1020. The number of carbonyl (C=O) groups excluding carboxylic acids is 1. The lowest BCUT2D eigenvalue weighted by Gasteiger charge is -2.15. The molecule has 0 aliphatic heterocycles. The van der Waals surface area contributed by atoms with Gasteiger partial charge in [-0.05, 0) is 34.5 Å². The molecular formula is C20H18N6OS. The Morgan fingerprint density at radius 3 is 2.79 bits per heavy atom. The first kappa shape index (κ1) is 18.0. The molecule has 2 aromatic heterocycles. The van der Waals surface area contributed by atoms with Gasteiger partial charge in [-0.15, -0.1) is 16.4 Å². The van der Waals surface area contributed by atoms with Gasteiger partial charge in [0, 0.05) is 34.7 Å². The highest BCUT2D eigenvalue weighted by Crippen LogP contribution is 2.28. The molecule has 0 saturated heterocycles. The number of rotatable bonds is 7. The van der Waals surface area contributed by atoms with E-state index in [0.717, 1.165) is 16.9 Å². The van der Waals surface area contributed by atoms with E-state index in [1.807, 2.05) is 48.7 Å². The SMILES string of the molecule is O=C(CC(Cc1ccccc1)c1cncs1)Nc1cccc(-c2nnn[nH]2)c1. The summed E-state index contributed by atoms with van der Waals surface area (Å²) < 4.78 is 0. The van der Waals surface area contributed by atoms with E-state index in [2.05, 4.69) is 43.1 Å². The average molecular weight is 390 g/mol. The van der Waals surface area contributed by atoms with Crippen molar-refractivity contribution in [3.05, 3.63) is 76.7 Å². The third-order valence-electron chi connectivity index (χ3n) is 4.38. The van der Waals surface area contributed by atoms with Crippen LogP contribution in [0, 0.1) is 0 Å². The molecule has 0 fully saturated rings. The van der Waals surface area contributed by atoms with Gasteiger partial charge >= 0.3 is 0 Å². The van der Waals surface area contributed by atoms with Crippen LogP contribution in [-0.2, 0) is 11.2 Å². The highest BCUT2D eigenvalue weighted by atomic mass is 32.1. The molecule has 140 valence electrons. The molecule has 0 saturated carbocycles. The third-order valence-corrected chi connectivity index (χ3v) is 5.31. The quantitative estimate of drug-likeness (QED) is 0.502. The van der Waals surface area contributed by atoms with Gasteiger partial charge in [0.1, 0.15) is 0 Å². The fourth-order valence-corrected chi connectivity index (χ4v) is 3.78. The van der Waals surface area contributed by atoms with E-state index in [-0.39, 0.29) is 11.8 Å². The number of amides is 1. The zero-order chi connectivity index (χ0) is 19.2. The van der Waals surface area contributed by atoms with Gasteiger partial charge in [-0.25, -0.2) is 5.10 Å². The zero-order valence-corrected chi connectivity index (χ0v) is 15.8. The van der Waals surface area contributed by atoms with Crippen molar-refractivity contribution in [1.82, 2.24) is 25.6 Å². The molecule has 8 heteroatoms. The van der Waals surface area contributed by atoms with Crippen LogP contribution in [0.3, 0.4) is 0 Å².